The van der Waals surface area contributed by atoms with Crippen LogP contribution in [0, 0.1) is 13.8 Å². The van der Waals surface area contributed by atoms with Crippen molar-refractivity contribution in [3.63, 3.8) is 0 Å². The average molecular weight is 420 g/mol. The number of rotatable bonds is 6. The summed E-state index contributed by atoms with van der Waals surface area (Å²) in [5.41, 5.74) is 5.12. The van der Waals surface area contributed by atoms with Crippen LogP contribution in [0.2, 0.25) is 0 Å². The van der Waals surface area contributed by atoms with E-state index in [0.29, 0.717) is 45.7 Å². The summed E-state index contributed by atoms with van der Waals surface area (Å²) in [6, 6.07) is 13.9. The summed E-state index contributed by atoms with van der Waals surface area (Å²) in [6.07, 6.45) is 2.25. The zero-order valence-corrected chi connectivity index (χ0v) is 18.2. The maximum Gasteiger partial charge on any atom is 0.238 e. The molecular weight excluding hydrogens is 390 g/mol. The molecule has 1 saturated heterocycles. The Kier molecular flexibility index (Phi) is 6.32. The van der Waals surface area contributed by atoms with Gasteiger partial charge >= 0.3 is 0 Å². The van der Waals surface area contributed by atoms with Crippen molar-refractivity contribution in [2.45, 2.75) is 26.8 Å². The molecule has 0 spiro atoms. The molecule has 1 fully saturated rings. The fourth-order valence-electron chi connectivity index (χ4n) is 4.00. The highest BCUT2D eigenvalue weighted by Crippen LogP contribution is 2.18. The first-order chi connectivity index (χ1) is 15.0. The van der Waals surface area contributed by atoms with Crippen LogP contribution >= 0.6 is 0 Å². The van der Waals surface area contributed by atoms with E-state index in [9.17, 15) is 9.59 Å². The number of nitrogens with zero attached hydrogens (tertiary/aromatic N) is 4. The fraction of sp³-hybridized carbons (Fsp3) is 0.375. The topological polar surface area (TPSA) is 70.5 Å². The highest BCUT2D eigenvalue weighted by Gasteiger charge is 2.22. The lowest BCUT2D eigenvalue weighted by Crippen LogP contribution is -2.50. The fourth-order valence-corrected chi connectivity index (χ4v) is 4.00. The number of fused-ring (bicyclic) bond motifs is 1. The Morgan fingerprint density at radius 1 is 1.00 bits per heavy atom. The van der Waals surface area contributed by atoms with Gasteiger partial charge in [0.15, 0.2) is 0 Å². The number of benzene rings is 2. The summed E-state index contributed by atoms with van der Waals surface area (Å²) < 4.78 is 2.03. The van der Waals surface area contributed by atoms with Gasteiger partial charge in [-0.15, -0.1) is 0 Å². The summed E-state index contributed by atoms with van der Waals surface area (Å²) in [6.45, 7) is 7.74. The Bertz CT molecular complexity index is 1080. The van der Waals surface area contributed by atoms with Crippen LogP contribution in [-0.2, 0) is 16.1 Å². The van der Waals surface area contributed by atoms with Crippen molar-refractivity contribution in [3.05, 3.63) is 59.9 Å². The second-order valence-electron chi connectivity index (χ2n) is 8.13. The third-order valence-electron chi connectivity index (χ3n) is 6.06. The maximum atomic E-state index is 12.7. The molecule has 2 heterocycles. The van der Waals surface area contributed by atoms with E-state index in [4.69, 9.17) is 0 Å². The molecule has 3 aromatic rings. The van der Waals surface area contributed by atoms with E-state index < -0.39 is 0 Å². The number of carbonyl (C=O) groups excluding carboxylic acids is 2. The van der Waals surface area contributed by atoms with E-state index in [1.54, 1.807) is 6.33 Å². The molecule has 1 aliphatic rings. The number of para-hydroxylation sites is 2. The first-order valence-electron chi connectivity index (χ1n) is 10.8. The largest absolute Gasteiger partial charge is 0.340 e. The summed E-state index contributed by atoms with van der Waals surface area (Å²) in [5, 5.41) is 3.01. The first-order valence-corrected chi connectivity index (χ1v) is 10.8. The van der Waals surface area contributed by atoms with Crippen LogP contribution in [0.25, 0.3) is 11.0 Å². The molecule has 0 bridgehead atoms. The van der Waals surface area contributed by atoms with Gasteiger partial charge in [0, 0.05) is 44.8 Å². The van der Waals surface area contributed by atoms with Gasteiger partial charge < -0.3 is 14.8 Å². The SMILES string of the molecule is Cc1cccc(NC(=O)CN2CCN(C(=O)CCn3cnc4ccccc43)CC2)c1C. The Labute approximate surface area is 182 Å². The summed E-state index contributed by atoms with van der Waals surface area (Å²) in [7, 11) is 0. The Hall–Kier alpha value is -3.19. The molecule has 31 heavy (non-hydrogen) atoms. The van der Waals surface area contributed by atoms with Gasteiger partial charge in [0.05, 0.1) is 23.9 Å². The average Bonchev–Trinajstić information content (AvgIpc) is 3.19. The first kappa shape index (κ1) is 21.1. The van der Waals surface area contributed by atoms with Gasteiger partial charge in [-0.2, -0.15) is 0 Å². The van der Waals surface area contributed by atoms with Crippen LogP contribution in [0.3, 0.4) is 0 Å². The number of imidazole rings is 1. The molecule has 0 aliphatic carbocycles. The van der Waals surface area contributed by atoms with Crippen molar-refractivity contribution in [2.24, 2.45) is 0 Å². The molecule has 4 rings (SSSR count). The molecule has 1 aliphatic heterocycles. The van der Waals surface area contributed by atoms with Gasteiger partial charge in [-0.3, -0.25) is 14.5 Å². The molecule has 2 aromatic carbocycles. The number of nitrogens with one attached hydrogen (secondary N) is 1. The number of amides is 2. The van der Waals surface area contributed by atoms with Gasteiger partial charge in [-0.1, -0.05) is 24.3 Å². The van der Waals surface area contributed by atoms with E-state index in [1.807, 2.05) is 65.8 Å². The number of aryl methyl sites for hydroxylation is 2. The molecule has 162 valence electrons. The maximum absolute atomic E-state index is 12.7. The van der Waals surface area contributed by atoms with E-state index in [-0.39, 0.29) is 11.8 Å². The van der Waals surface area contributed by atoms with Crippen LogP contribution in [0.15, 0.2) is 48.8 Å². The van der Waals surface area contributed by atoms with E-state index in [1.165, 1.54) is 0 Å². The number of aromatic nitrogens is 2. The van der Waals surface area contributed by atoms with Crippen LogP contribution in [0.5, 0.6) is 0 Å². The monoisotopic (exact) mass is 419 g/mol. The van der Waals surface area contributed by atoms with E-state index >= 15 is 0 Å². The number of hydrogen-bond acceptors (Lipinski definition) is 4. The summed E-state index contributed by atoms with van der Waals surface area (Å²) >= 11 is 0. The van der Waals surface area contributed by atoms with Gasteiger partial charge in [0.25, 0.3) is 0 Å². The zero-order chi connectivity index (χ0) is 21.8. The van der Waals surface area contributed by atoms with Gasteiger partial charge in [-0.05, 0) is 43.2 Å². The lowest BCUT2D eigenvalue weighted by molar-refractivity contribution is -0.133. The minimum atomic E-state index is -0.0135. The molecule has 0 radical (unpaired) electrons. The smallest absolute Gasteiger partial charge is 0.238 e. The minimum Gasteiger partial charge on any atom is -0.340 e. The summed E-state index contributed by atoms with van der Waals surface area (Å²) in [5.74, 6) is 0.137. The predicted octanol–water partition coefficient (Wildman–Crippen LogP) is 2.83. The van der Waals surface area contributed by atoms with Crippen molar-refractivity contribution >= 4 is 28.5 Å². The molecule has 0 unspecified atom stereocenters. The second-order valence-corrected chi connectivity index (χ2v) is 8.13. The van der Waals surface area contributed by atoms with Crippen molar-refractivity contribution in [1.29, 1.82) is 0 Å². The van der Waals surface area contributed by atoms with Gasteiger partial charge in [-0.25, -0.2) is 4.98 Å². The number of piperazine rings is 1. The number of hydrogen-bond donors (Lipinski definition) is 1. The second kappa shape index (κ2) is 9.31. The van der Waals surface area contributed by atoms with E-state index in [0.717, 1.165) is 27.8 Å². The Morgan fingerprint density at radius 3 is 2.58 bits per heavy atom. The van der Waals surface area contributed by atoms with Crippen LogP contribution in [0.1, 0.15) is 17.5 Å². The molecule has 7 nitrogen and oxygen atoms in total. The minimum absolute atomic E-state index is 0.0135. The predicted molar refractivity (Wildman–Crippen MR) is 122 cm³/mol. The van der Waals surface area contributed by atoms with Crippen molar-refractivity contribution in [2.75, 3.05) is 38.0 Å². The normalized spacial score (nSPS) is 14.7. The third-order valence-corrected chi connectivity index (χ3v) is 6.06. The molecule has 0 saturated carbocycles. The zero-order valence-electron chi connectivity index (χ0n) is 18.2. The Balaban J connectivity index is 1.23. The van der Waals surface area contributed by atoms with Gasteiger partial charge in [0.2, 0.25) is 11.8 Å². The molecule has 7 heteroatoms. The van der Waals surface area contributed by atoms with E-state index in [2.05, 4.69) is 15.2 Å². The third kappa shape index (κ3) is 4.94. The standard InChI is InChI=1S/C24H29N5O2/c1-18-6-5-8-20(19(18)2)26-23(30)16-27-12-14-28(15-13-27)24(31)10-11-29-17-25-21-7-3-4-9-22(21)29/h3-9,17H,10-16H2,1-2H3,(H,26,30). The molecule has 0 atom stereocenters. The van der Waals surface area contributed by atoms with Gasteiger partial charge in [0.1, 0.15) is 0 Å². The quantitative estimate of drug-likeness (QED) is 0.667. The van der Waals surface area contributed by atoms with Crippen LogP contribution in [-0.4, -0.2) is 63.9 Å². The number of anilines is 1. The Morgan fingerprint density at radius 2 is 1.77 bits per heavy atom. The van der Waals surface area contributed by atoms with Crippen molar-refractivity contribution in [3.8, 4) is 0 Å². The van der Waals surface area contributed by atoms with Crippen LogP contribution in [0.4, 0.5) is 5.69 Å². The lowest BCUT2D eigenvalue weighted by Gasteiger charge is -2.34. The molecule has 2 amide bonds. The highest BCUT2D eigenvalue weighted by atomic mass is 16.2. The highest BCUT2D eigenvalue weighted by molar-refractivity contribution is 5.93. The molecule has 1 aromatic heterocycles. The molecular formula is C24H29N5O2. The summed E-state index contributed by atoms with van der Waals surface area (Å²) in [4.78, 5) is 33.5. The molecule has 1 N–H and O–H groups in total. The lowest BCUT2D eigenvalue weighted by atomic mass is 10.1. The van der Waals surface area contributed by atoms with Crippen molar-refractivity contribution < 1.29 is 9.59 Å². The van der Waals surface area contributed by atoms with Crippen molar-refractivity contribution in [1.82, 2.24) is 19.4 Å². The number of carbonyl (C=O) groups is 2. The van der Waals surface area contributed by atoms with Crippen LogP contribution < -0.4 is 5.32 Å².